The lowest BCUT2D eigenvalue weighted by molar-refractivity contribution is -0.0500. The van der Waals surface area contributed by atoms with Crippen molar-refractivity contribution < 1.29 is 9.53 Å². The summed E-state index contributed by atoms with van der Waals surface area (Å²) in [6, 6.07) is 1.01. The van der Waals surface area contributed by atoms with E-state index in [4.69, 9.17) is 4.74 Å². The van der Waals surface area contributed by atoms with Gasteiger partial charge in [-0.2, -0.15) is 0 Å². The Balaban J connectivity index is 1.94. The van der Waals surface area contributed by atoms with Gasteiger partial charge in [-0.05, 0) is 72.6 Å². The van der Waals surface area contributed by atoms with E-state index in [2.05, 4.69) is 18.8 Å². The van der Waals surface area contributed by atoms with Crippen LogP contribution < -0.4 is 5.32 Å². The fourth-order valence-corrected chi connectivity index (χ4v) is 3.85. The molecule has 0 aromatic rings. The molecule has 2 atom stereocenters. The van der Waals surface area contributed by atoms with Crippen molar-refractivity contribution in [1.29, 1.82) is 0 Å². The summed E-state index contributed by atoms with van der Waals surface area (Å²) in [4.78, 5) is 14.6. The molecule has 1 spiro atoms. The van der Waals surface area contributed by atoms with Crippen LogP contribution in [-0.2, 0) is 4.74 Å². The van der Waals surface area contributed by atoms with Gasteiger partial charge in [-0.3, -0.25) is 0 Å². The van der Waals surface area contributed by atoms with Crippen molar-refractivity contribution >= 4 is 6.09 Å². The summed E-state index contributed by atoms with van der Waals surface area (Å²) in [5, 5.41) is 3.76. The monoisotopic (exact) mass is 322 g/mol. The standard InChI is InChI=1S/C19H34N2O2/c1-6-7-9-15(2)20-16-10-13-21(17(22)23-18(3,4)5)19(14-16)11-8-12-19/h6,15-16,20H,1,7-14H2,2-5H3. The molecule has 0 radical (unpaired) electrons. The number of piperidine rings is 1. The highest BCUT2D eigenvalue weighted by Gasteiger charge is 2.49. The summed E-state index contributed by atoms with van der Waals surface area (Å²) >= 11 is 0. The Hall–Kier alpha value is -1.03. The first-order chi connectivity index (χ1) is 10.8. The van der Waals surface area contributed by atoms with Gasteiger partial charge in [0.15, 0.2) is 0 Å². The molecule has 1 N–H and O–H groups in total. The van der Waals surface area contributed by atoms with Gasteiger partial charge in [0.25, 0.3) is 0 Å². The molecule has 1 saturated heterocycles. The maximum Gasteiger partial charge on any atom is 0.410 e. The molecule has 4 nitrogen and oxygen atoms in total. The Morgan fingerprint density at radius 2 is 2.17 bits per heavy atom. The molecule has 2 fully saturated rings. The zero-order valence-corrected chi connectivity index (χ0v) is 15.4. The molecule has 0 bridgehead atoms. The number of likely N-dealkylation sites (tertiary alicyclic amines) is 1. The van der Waals surface area contributed by atoms with Crippen molar-refractivity contribution in [2.24, 2.45) is 0 Å². The summed E-state index contributed by atoms with van der Waals surface area (Å²) in [6.45, 7) is 12.7. The average molecular weight is 322 g/mol. The minimum atomic E-state index is -0.420. The fraction of sp³-hybridized carbons (Fsp3) is 0.842. The second kappa shape index (κ2) is 7.25. The summed E-state index contributed by atoms with van der Waals surface area (Å²) in [5.74, 6) is 0. The van der Waals surface area contributed by atoms with Gasteiger partial charge in [0.1, 0.15) is 5.60 Å². The molecule has 1 saturated carbocycles. The molecule has 4 heteroatoms. The minimum absolute atomic E-state index is 0.0381. The molecular formula is C19H34N2O2. The van der Waals surface area contributed by atoms with E-state index in [9.17, 15) is 4.79 Å². The Labute approximate surface area is 141 Å². The number of hydrogen-bond donors (Lipinski definition) is 1. The molecule has 0 aromatic carbocycles. The van der Waals surface area contributed by atoms with E-state index in [-0.39, 0.29) is 11.6 Å². The first-order valence-corrected chi connectivity index (χ1v) is 9.13. The van der Waals surface area contributed by atoms with Gasteiger partial charge in [-0.15, -0.1) is 6.58 Å². The van der Waals surface area contributed by atoms with Crippen molar-refractivity contribution in [1.82, 2.24) is 10.2 Å². The molecule has 1 aliphatic carbocycles. The first kappa shape index (κ1) is 18.3. The second-order valence-corrected chi connectivity index (χ2v) is 8.33. The number of hydrogen-bond acceptors (Lipinski definition) is 3. The Bertz CT molecular complexity index is 424. The molecule has 2 rings (SSSR count). The minimum Gasteiger partial charge on any atom is -0.444 e. The van der Waals surface area contributed by atoms with Crippen LogP contribution in [0.3, 0.4) is 0 Å². The molecule has 1 heterocycles. The van der Waals surface area contributed by atoms with Crippen LogP contribution in [0.1, 0.15) is 72.6 Å². The van der Waals surface area contributed by atoms with Crippen LogP contribution in [-0.4, -0.2) is 40.8 Å². The highest BCUT2D eigenvalue weighted by Crippen LogP contribution is 2.45. The number of allylic oxidation sites excluding steroid dienone is 1. The number of amides is 1. The normalized spacial score (nSPS) is 24.9. The van der Waals surface area contributed by atoms with Crippen LogP contribution in [0.4, 0.5) is 4.79 Å². The zero-order chi connectivity index (χ0) is 17.1. The highest BCUT2D eigenvalue weighted by molar-refractivity contribution is 5.69. The van der Waals surface area contributed by atoms with Crippen LogP contribution in [0.25, 0.3) is 0 Å². The summed E-state index contributed by atoms with van der Waals surface area (Å²) in [7, 11) is 0. The third-order valence-corrected chi connectivity index (χ3v) is 5.12. The SMILES string of the molecule is C=CCCC(C)NC1CCN(C(=O)OC(C)(C)C)C2(CCC2)C1. The highest BCUT2D eigenvalue weighted by atomic mass is 16.6. The van der Waals surface area contributed by atoms with Crippen LogP contribution in [0.2, 0.25) is 0 Å². The smallest absolute Gasteiger partial charge is 0.410 e. The molecule has 0 aromatic heterocycles. The molecule has 2 aliphatic rings. The van der Waals surface area contributed by atoms with Gasteiger partial charge in [0, 0.05) is 24.2 Å². The predicted molar refractivity (Wildman–Crippen MR) is 94.6 cm³/mol. The quantitative estimate of drug-likeness (QED) is 0.769. The van der Waals surface area contributed by atoms with Gasteiger partial charge in [0.05, 0.1) is 0 Å². The lowest BCUT2D eigenvalue weighted by Crippen LogP contribution is -2.64. The van der Waals surface area contributed by atoms with Gasteiger partial charge in [-0.1, -0.05) is 6.08 Å². The van der Waals surface area contributed by atoms with E-state index in [1.807, 2.05) is 31.7 Å². The van der Waals surface area contributed by atoms with Crippen molar-refractivity contribution in [3.8, 4) is 0 Å². The third kappa shape index (κ3) is 4.72. The molecule has 2 unspecified atom stereocenters. The Morgan fingerprint density at radius 3 is 2.70 bits per heavy atom. The van der Waals surface area contributed by atoms with Gasteiger partial charge in [-0.25, -0.2) is 4.79 Å². The molecule has 23 heavy (non-hydrogen) atoms. The number of nitrogens with zero attached hydrogens (tertiary/aromatic N) is 1. The summed E-state index contributed by atoms with van der Waals surface area (Å²) < 4.78 is 5.63. The average Bonchev–Trinajstić information content (AvgIpc) is 2.41. The fourth-order valence-electron chi connectivity index (χ4n) is 3.85. The topological polar surface area (TPSA) is 41.6 Å². The van der Waals surface area contributed by atoms with Crippen LogP contribution >= 0.6 is 0 Å². The van der Waals surface area contributed by atoms with E-state index in [1.165, 1.54) is 6.42 Å². The Kier molecular flexibility index (Phi) is 5.77. The number of nitrogens with one attached hydrogen (secondary N) is 1. The van der Waals surface area contributed by atoms with Gasteiger partial charge in [0.2, 0.25) is 0 Å². The van der Waals surface area contributed by atoms with Gasteiger partial charge < -0.3 is 15.0 Å². The zero-order valence-electron chi connectivity index (χ0n) is 15.4. The number of ether oxygens (including phenoxy) is 1. The maximum atomic E-state index is 12.6. The van der Waals surface area contributed by atoms with E-state index >= 15 is 0 Å². The summed E-state index contributed by atoms with van der Waals surface area (Å²) in [5.41, 5.74) is -0.382. The van der Waals surface area contributed by atoms with Crippen molar-refractivity contribution in [2.75, 3.05) is 6.54 Å². The van der Waals surface area contributed by atoms with E-state index in [0.29, 0.717) is 12.1 Å². The van der Waals surface area contributed by atoms with Crippen molar-refractivity contribution in [3.63, 3.8) is 0 Å². The van der Waals surface area contributed by atoms with Crippen molar-refractivity contribution in [3.05, 3.63) is 12.7 Å². The molecule has 1 amide bonds. The maximum absolute atomic E-state index is 12.6. The predicted octanol–water partition coefficient (Wildman–Crippen LogP) is 4.25. The third-order valence-electron chi connectivity index (χ3n) is 5.12. The van der Waals surface area contributed by atoms with Crippen LogP contribution in [0, 0.1) is 0 Å². The van der Waals surface area contributed by atoms with E-state index < -0.39 is 5.60 Å². The number of carbonyl (C=O) groups is 1. The second-order valence-electron chi connectivity index (χ2n) is 8.33. The largest absolute Gasteiger partial charge is 0.444 e. The molecular weight excluding hydrogens is 288 g/mol. The van der Waals surface area contributed by atoms with E-state index in [1.54, 1.807) is 0 Å². The number of rotatable bonds is 5. The van der Waals surface area contributed by atoms with Gasteiger partial charge >= 0.3 is 6.09 Å². The van der Waals surface area contributed by atoms with Crippen LogP contribution in [0.5, 0.6) is 0 Å². The number of carbonyl (C=O) groups excluding carboxylic acids is 1. The Morgan fingerprint density at radius 1 is 1.48 bits per heavy atom. The van der Waals surface area contributed by atoms with Crippen LogP contribution in [0.15, 0.2) is 12.7 Å². The van der Waals surface area contributed by atoms with E-state index in [0.717, 1.165) is 45.1 Å². The lowest BCUT2D eigenvalue weighted by atomic mass is 9.69. The molecule has 1 aliphatic heterocycles. The molecule has 132 valence electrons. The van der Waals surface area contributed by atoms with Crippen molar-refractivity contribution in [2.45, 2.75) is 95.9 Å². The first-order valence-electron chi connectivity index (χ1n) is 9.13. The lowest BCUT2D eigenvalue weighted by Gasteiger charge is -2.55. The summed E-state index contributed by atoms with van der Waals surface area (Å²) in [6.07, 6.45) is 9.56.